The van der Waals surface area contributed by atoms with Gasteiger partial charge in [-0.25, -0.2) is 4.79 Å². The lowest BCUT2D eigenvalue weighted by molar-refractivity contribution is 0.0599. The predicted molar refractivity (Wildman–Crippen MR) is 55.2 cm³/mol. The number of ether oxygens (including phenoxy) is 1. The van der Waals surface area contributed by atoms with Crippen molar-refractivity contribution in [2.24, 2.45) is 0 Å². The first-order valence-electron chi connectivity index (χ1n) is 3.58. The highest BCUT2D eigenvalue weighted by atomic mass is 79.9. The Bertz CT molecular complexity index is 426. The second-order valence-electron chi connectivity index (χ2n) is 2.39. The maximum Gasteiger partial charge on any atom is 0.339 e. The number of nitriles is 1. The number of rotatable bonds is 1. The van der Waals surface area contributed by atoms with Gasteiger partial charge < -0.3 is 4.74 Å². The zero-order chi connectivity index (χ0) is 10.7. The summed E-state index contributed by atoms with van der Waals surface area (Å²) in [5.41, 5.74) is 0.614. The van der Waals surface area contributed by atoms with Crippen molar-refractivity contribution in [3.63, 3.8) is 0 Å². The molecule has 5 heteroatoms. The first kappa shape index (κ1) is 11.0. The molecule has 0 aliphatic carbocycles. The Kier molecular flexibility index (Phi) is 3.50. The molecule has 1 aromatic carbocycles. The molecule has 0 atom stereocenters. The summed E-state index contributed by atoms with van der Waals surface area (Å²) in [4.78, 5) is 11.2. The molecule has 0 bridgehead atoms. The molecule has 0 radical (unpaired) electrons. The molecule has 1 rings (SSSR count). The number of halogens is 2. The molecule has 0 unspecified atom stereocenters. The van der Waals surface area contributed by atoms with Crippen LogP contribution in [0.1, 0.15) is 15.9 Å². The summed E-state index contributed by atoms with van der Waals surface area (Å²) in [5.74, 6) is -0.497. The number of benzene rings is 1. The van der Waals surface area contributed by atoms with E-state index in [4.69, 9.17) is 16.9 Å². The van der Waals surface area contributed by atoms with Crippen molar-refractivity contribution >= 4 is 33.5 Å². The Labute approximate surface area is 94.4 Å². The lowest BCUT2D eigenvalue weighted by Crippen LogP contribution is -2.02. The SMILES string of the molecule is COC(=O)c1ccc(C#N)c(Cl)c1Br. The average Bonchev–Trinajstić information content (AvgIpc) is 2.21. The topological polar surface area (TPSA) is 50.1 Å². The second-order valence-corrected chi connectivity index (χ2v) is 3.56. The third kappa shape index (κ3) is 1.89. The van der Waals surface area contributed by atoms with Gasteiger partial charge in [0.05, 0.1) is 27.7 Å². The maximum atomic E-state index is 11.2. The van der Waals surface area contributed by atoms with E-state index in [0.717, 1.165) is 0 Å². The molecule has 0 aliphatic heterocycles. The number of hydrogen-bond donors (Lipinski definition) is 0. The minimum absolute atomic E-state index is 0.218. The van der Waals surface area contributed by atoms with Crippen LogP contribution >= 0.6 is 27.5 Å². The van der Waals surface area contributed by atoms with E-state index in [9.17, 15) is 4.79 Å². The van der Waals surface area contributed by atoms with E-state index >= 15 is 0 Å². The molecule has 3 nitrogen and oxygen atoms in total. The van der Waals surface area contributed by atoms with Crippen LogP contribution in [0, 0.1) is 11.3 Å². The molecule has 0 amide bonds. The molecule has 0 N–H and O–H groups in total. The number of carbonyl (C=O) groups is 1. The van der Waals surface area contributed by atoms with E-state index in [-0.39, 0.29) is 5.02 Å². The smallest absolute Gasteiger partial charge is 0.339 e. The van der Waals surface area contributed by atoms with Crippen LogP contribution in [0.2, 0.25) is 5.02 Å². The summed E-state index contributed by atoms with van der Waals surface area (Å²) in [6.45, 7) is 0. The summed E-state index contributed by atoms with van der Waals surface area (Å²) < 4.78 is 4.91. The molecule has 0 saturated carbocycles. The Balaban J connectivity index is 3.33. The third-order valence-electron chi connectivity index (χ3n) is 1.61. The summed E-state index contributed by atoms with van der Waals surface area (Å²) in [7, 11) is 1.28. The van der Waals surface area contributed by atoms with Gasteiger partial charge in [0.25, 0.3) is 0 Å². The fraction of sp³-hybridized carbons (Fsp3) is 0.111. The fourth-order valence-electron chi connectivity index (χ4n) is 0.903. The standard InChI is InChI=1S/C9H5BrClNO2/c1-14-9(13)6-3-2-5(4-12)8(11)7(6)10/h2-3H,1H3. The molecule has 1 aromatic rings. The number of carbonyl (C=O) groups excluding carboxylic acids is 1. The van der Waals surface area contributed by atoms with E-state index in [0.29, 0.717) is 15.6 Å². The summed E-state index contributed by atoms with van der Waals surface area (Å²) in [6, 6.07) is 4.86. The molecule has 0 aromatic heterocycles. The third-order valence-corrected chi connectivity index (χ3v) is 3.05. The average molecular weight is 275 g/mol. The highest BCUT2D eigenvalue weighted by Crippen LogP contribution is 2.29. The molecule has 0 saturated heterocycles. The van der Waals surface area contributed by atoms with E-state index < -0.39 is 5.97 Å². The van der Waals surface area contributed by atoms with Gasteiger partial charge in [-0.1, -0.05) is 11.6 Å². The molecule has 14 heavy (non-hydrogen) atoms. The van der Waals surface area contributed by atoms with Gasteiger partial charge in [-0.2, -0.15) is 5.26 Å². The lowest BCUT2D eigenvalue weighted by atomic mass is 10.1. The van der Waals surface area contributed by atoms with Gasteiger partial charge in [-0.05, 0) is 28.1 Å². The fourth-order valence-corrected chi connectivity index (χ4v) is 1.62. The Morgan fingerprint density at radius 3 is 2.79 bits per heavy atom. The molecule has 0 fully saturated rings. The van der Waals surface area contributed by atoms with Gasteiger partial charge in [0.2, 0.25) is 0 Å². The normalized spacial score (nSPS) is 9.29. The van der Waals surface area contributed by atoms with Crippen LogP contribution in [0.15, 0.2) is 16.6 Å². The van der Waals surface area contributed by atoms with Crippen LogP contribution in [0.4, 0.5) is 0 Å². The van der Waals surface area contributed by atoms with Crippen molar-refractivity contribution < 1.29 is 9.53 Å². The zero-order valence-electron chi connectivity index (χ0n) is 7.17. The highest BCUT2D eigenvalue weighted by molar-refractivity contribution is 9.10. The number of esters is 1. The molecule has 0 spiro atoms. The van der Waals surface area contributed by atoms with E-state index in [2.05, 4.69) is 20.7 Å². The summed E-state index contributed by atoms with van der Waals surface area (Å²) in [5, 5.41) is 8.88. The van der Waals surface area contributed by atoms with Gasteiger partial charge in [-0.15, -0.1) is 0 Å². The van der Waals surface area contributed by atoms with Gasteiger partial charge in [-0.3, -0.25) is 0 Å². The van der Waals surface area contributed by atoms with Gasteiger partial charge in [0.1, 0.15) is 6.07 Å². The first-order valence-corrected chi connectivity index (χ1v) is 4.75. The molecule has 0 heterocycles. The van der Waals surface area contributed by atoms with Crippen molar-refractivity contribution in [2.75, 3.05) is 7.11 Å². The van der Waals surface area contributed by atoms with Crippen LogP contribution in [-0.4, -0.2) is 13.1 Å². The van der Waals surface area contributed by atoms with Crippen LogP contribution in [0.25, 0.3) is 0 Å². The first-order chi connectivity index (χ1) is 6.61. The molecule has 0 aliphatic rings. The van der Waals surface area contributed by atoms with Crippen molar-refractivity contribution in [1.29, 1.82) is 5.26 Å². The van der Waals surface area contributed by atoms with Crippen LogP contribution < -0.4 is 0 Å². The minimum Gasteiger partial charge on any atom is -0.465 e. The summed E-state index contributed by atoms with van der Waals surface area (Å²) >= 11 is 8.95. The van der Waals surface area contributed by atoms with Crippen LogP contribution in [0.3, 0.4) is 0 Å². The lowest BCUT2D eigenvalue weighted by Gasteiger charge is -2.04. The maximum absolute atomic E-state index is 11.2. The minimum atomic E-state index is -0.497. The van der Waals surface area contributed by atoms with Crippen molar-refractivity contribution in [3.8, 4) is 6.07 Å². The Morgan fingerprint density at radius 1 is 1.64 bits per heavy atom. The summed E-state index contributed by atoms with van der Waals surface area (Å²) in [6.07, 6.45) is 0. The number of hydrogen-bond acceptors (Lipinski definition) is 3. The molecule has 72 valence electrons. The molecular weight excluding hydrogens is 269 g/mol. The van der Waals surface area contributed by atoms with Crippen LogP contribution in [-0.2, 0) is 4.74 Å². The van der Waals surface area contributed by atoms with Gasteiger partial charge in [0.15, 0.2) is 0 Å². The van der Waals surface area contributed by atoms with E-state index in [1.165, 1.54) is 19.2 Å². The van der Waals surface area contributed by atoms with Crippen molar-refractivity contribution in [2.45, 2.75) is 0 Å². The largest absolute Gasteiger partial charge is 0.465 e. The van der Waals surface area contributed by atoms with Gasteiger partial charge >= 0.3 is 5.97 Å². The monoisotopic (exact) mass is 273 g/mol. The van der Waals surface area contributed by atoms with E-state index in [1.54, 1.807) is 0 Å². The second kappa shape index (κ2) is 4.45. The predicted octanol–water partition coefficient (Wildman–Crippen LogP) is 2.76. The number of nitrogens with zero attached hydrogens (tertiary/aromatic N) is 1. The Morgan fingerprint density at radius 2 is 2.29 bits per heavy atom. The zero-order valence-corrected chi connectivity index (χ0v) is 9.52. The van der Waals surface area contributed by atoms with Crippen LogP contribution in [0.5, 0.6) is 0 Å². The van der Waals surface area contributed by atoms with Gasteiger partial charge in [0, 0.05) is 0 Å². The molecular formula is C9H5BrClNO2. The highest BCUT2D eigenvalue weighted by Gasteiger charge is 2.15. The van der Waals surface area contributed by atoms with E-state index in [1.807, 2.05) is 6.07 Å². The van der Waals surface area contributed by atoms with Crippen molar-refractivity contribution in [3.05, 3.63) is 32.8 Å². The number of methoxy groups -OCH3 is 1. The quantitative estimate of drug-likeness (QED) is 0.740. The van der Waals surface area contributed by atoms with Crippen molar-refractivity contribution in [1.82, 2.24) is 0 Å². The Hall–Kier alpha value is -1.05.